The van der Waals surface area contributed by atoms with Gasteiger partial charge in [-0.15, -0.1) is 0 Å². The Morgan fingerprint density at radius 1 is 0.912 bits per heavy atom. The van der Waals surface area contributed by atoms with Crippen LogP contribution in [0.1, 0.15) is 22.6 Å². The highest BCUT2D eigenvalue weighted by molar-refractivity contribution is 5.95. The number of aryl methyl sites for hydroxylation is 1. The lowest BCUT2D eigenvalue weighted by molar-refractivity contribution is 0.0720. The van der Waals surface area contributed by atoms with Gasteiger partial charge in [0.25, 0.3) is 5.91 Å². The number of para-hydroxylation sites is 2. The maximum atomic E-state index is 13.7. The Hall–Kier alpha value is -3.22. The Labute approximate surface area is 201 Å². The molecule has 34 heavy (non-hydrogen) atoms. The van der Waals surface area contributed by atoms with Crippen LogP contribution in [0.15, 0.2) is 66.7 Å². The van der Waals surface area contributed by atoms with E-state index in [-0.39, 0.29) is 5.91 Å². The van der Waals surface area contributed by atoms with Gasteiger partial charge in [-0.3, -0.25) is 4.79 Å². The van der Waals surface area contributed by atoms with Gasteiger partial charge >= 0.3 is 0 Å². The molecule has 1 aliphatic heterocycles. The highest BCUT2D eigenvalue weighted by atomic mass is 16.2. The van der Waals surface area contributed by atoms with Gasteiger partial charge in [0.2, 0.25) is 0 Å². The maximum Gasteiger partial charge on any atom is 0.272 e. The first kappa shape index (κ1) is 22.6. The second-order valence-corrected chi connectivity index (χ2v) is 9.37. The van der Waals surface area contributed by atoms with E-state index in [1.54, 1.807) is 0 Å². The number of piperazine rings is 1. The largest absolute Gasteiger partial charge is 0.346 e. The van der Waals surface area contributed by atoms with Gasteiger partial charge in [-0.25, -0.2) is 4.98 Å². The summed E-state index contributed by atoms with van der Waals surface area (Å²) in [4.78, 5) is 25.2. The van der Waals surface area contributed by atoms with Crippen LogP contribution in [0.3, 0.4) is 0 Å². The molecule has 0 bridgehead atoms. The lowest BCUT2D eigenvalue weighted by atomic mass is 10.2. The zero-order valence-corrected chi connectivity index (χ0v) is 20.2. The molecule has 2 aromatic carbocycles. The summed E-state index contributed by atoms with van der Waals surface area (Å²) in [6.45, 7) is 6.71. The highest BCUT2D eigenvalue weighted by Gasteiger charge is 2.21. The van der Waals surface area contributed by atoms with E-state index in [4.69, 9.17) is 4.98 Å². The van der Waals surface area contributed by atoms with Crippen LogP contribution in [0.2, 0.25) is 0 Å². The molecule has 176 valence electrons. The summed E-state index contributed by atoms with van der Waals surface area (Å²) in [6, 6.07) is 22.4. The number of pyridine rings is 1. The summed E-state index contributed by atoms with van der Waals surface area (Å²) in [5.74, 6) is -0.00520. The van der Waals surface area contributed by atoms with Gasteiger partial charge in [0.05, 0.1) is 12.1 Å². The summed E-state index contributed by atoms with van der Waals surface area (Å²) in [5, 5.41) is 2.25. The molecular formula is C28H33N5O. The molecule has 4 aromatic rings. The topological polar surface area (TPSA) is 44.6 Å². The number of fused-ring (bicyclic) bond motifs is 2. The molecule has 0 spiro atoms. The molecule has 0 aliphatic carbocycles. The van der Waals surface area contributed by atoms with Crippen molar-refractivity contribution < 1.29 is 4.79 Å². The third-order valence-electron chi connectivity index (χ3n) is 7.01. The van der Waals surface area contributed by atoms with Gasteiger partial charge < -0.3 is 19.3 Å². The van der Waals surface area contributed by atoms with E-state index in [0.29, 0.717) is 18.8 Å². The first-order chi connectivity index (χ1) is 16.6. The van der Waals surface area contributed by atoms with Gasteiger partial charge in [0, 0.05) is 56.4 Å². The van der Waals surface area contributed by atoms with E-state index in [1.165, 1.54) is 10.9 Å². The summed E-state index contributed by atoms with van der Waals surface area (Å²) in [6.07, 6.45) is 0.951. The first-order valence-electron chi connectivity index (χ1n) is 12.2. The van der Waals surface area contributed by atoms with Crippen LogP contribution in [0.25, 0.3) is 21.8 Å². The van der Waals surface area contributed by atoms with Crippen LogP contribution in [0, 0.1) is 0 Å². The Balaban J connectivity index is 1.37. The van der Waals surface area contributed by atoms with Crippen molar-refractivity contribution in [2.75, 3.05) is 46.3 Å². The fourth-order valence-electron chi connectivity index (χ4n) is 4.85. The predicted molar refractivity (Wildman–Crippen MR) is 138 cm³/mol. The van der Waals surface area contributed by atoms with Crippen molar-refractivity contribution in [3.63, 3.8) is 0 Å². The predicted octanol–water partition coefficient (Wildman–Crippen LogP) is 4.01. The summed E-state index contributed by atoms with van der Waals surface area (Å²) in [7, 11) is 4.26. The monoisotopic (exact) mass is 455 g/mol. The van der Waals surface area contributed by atoms with E-state index in [0.717, 1.165) is 55.7 Å². The molecule has 5 rings (SSSR count). The molecule has 2 aromatic heterocycles. The minimum atomic E-state index is -0.00520. The molecule has 6 nitrogen and oxygen atoms in total. The smallest absolute Gasteiger partial charge is 0.272 e. The molecule has 1 saturated heterocycles. The number of aromatic nitrogens is 2. The van der Waals surface area contributed by atoms with Gasteiger partial charge in [0.1, 0.15) is 5.69 Å². The third kappa shape index (κ3) is 4.83. The molecule has 1 fully saturated rings. The lowest BCUT2D eigenvalue weighted by Crippen LogP contribution is -2.45. The zero-order chi connectivity index (χ0) is 23.5. The first-order valence-corrected chi connectivity index (χ1v) is 12.2. The van der Waals surface area contributed by atoms with Crippen molar-refractivity contribution in [2.24, 2.45) is 7.05 Å². The highest BCUT2D eigenvalue weighted by Crippen LogP contribution is 2.21. The molecule has 0 radical (unpaired) electrons. The quantitative estimate of drug-likeness (QED) is 0.423. The lowest BCUT2D eigenvalue weighted by Gasteiger charge is -2.33. The molecule has 0 N–H and O–H groups in total. The average molecular weight is 456 g/mol. The Morgan fingerprint density at radius 2 is 1.65 bits per heavy atom. The second kappa shape index (κ2) is 9.95. The van der Waals surface area contributed by atoms with E-state index in [1.807, 2.05) is 41.3 Å². The van der Waals surface area contributed by atoms with E-state index >= 15 is 0 Å². The molecule has 3 heterocycles. The molecular weight excluding hydrogens is 422 g/mol. The number of rotatable bonds is 7. The number of nitrogens with zero attached hydrogens (tertiary/aromatic N) is 5. The zero-order valence-electron chi connectivity index (χ0n) is 20.2. The summed E-state index contributed by atoms with van der Waals surface area (Å²) in [5.41, 5.74) is 3.69. The minimum absolute atomic E-state index is 0.00520. The number of hydrogen-bond donors (Lipinski definition) is 0. The number of likely N-dealkylation sites (N-methyl/N-ethyl adjacent to an activating group) is 1. The Bertz CT molecular complexity index is 1290. The molecule has 0 atom stereocenters. The molecule has 1 amide bonds. The molecule has 0 unspecified atom stereocenters. The SMILES string of the molecule is CN1CCN(CCCN(Cc2cc3ccccc3n2C)C(=O)c2ccc3ccccc3n2)CC1. The van der Waals surface area contributed by atoms with Crippen molar-refractivity contribution in [2.45, 2.75) is 13.0 Å². The van der Waals surface area contributed by atoms with Crippen LogP contribution >= 0.6 is 0 Å². The van der Waals surface area contributed by atoms with Crippen molar-refractivity contribution >= 4 is 27.7 Å². The number of benzene rings is 2. The standard InChI is InChI=1S/C28H33N5O/c1-30-16-18-32(19-17-30)14-7-15-33(21-24-20-23-9-4-6-11-27(23)31(24)2)28(34)26-13-12-22-8-3-5-10-25(22)29-26/h3-6,8-13,20H,7,14-19,21H2,1-2H3. The van der Waals surface area contributed by atoms with Crippen LogP contribution in [0.4, 0.5) is 0 Å². The molecule has 6 heteroatoms. The van der Waals surface area contributed by atoms with Crippen LogP contribution in [-0.2, 0) is 13.6 Å². The number of carbonyl (C=O) groups is 1. The average Bonchev–Trinajstić information content (AvgIpc) is 3.19. The van der Waals surface area contributed by atoms with Crippen molar-refractivity contribution in [3.05, 3.63) is 78.1 Å². The number of carbonyl (C=O) groups excluding carboxylic acids is 1. The van der Waals surface area contributed by atoms with Gasteiger partial charge in [-0.05, 0) is 49.7 Å². The van der Waals surface area contributed by atoms with Crippen LogP contribution in [-0.4, -0.2) is 76.5 Å². The van der Waals surface area contributed by atoms with Crippen molar-refractivity contribution in [1.82, 2.24) is 24.3 Å². The number of hydrogen-bond acceptors (Lipinski definition) is 4. The van der Waals surface area contributed by atoms with Gasteiger partial charge in [0.15, 0.2) is 0 Å². The fraction of sp³-hybridized carbons (Fsp3) is 0.357. The summed E-state index contributed by atoms with van der Waals surface area (Å²) >= 11 is 0. The third-order valence-corrected chi connectivity index (χ3v) is 7.01. The van der Waals surface area contributed by atoms with E-state index in [9.17, 15) is 4.79 Å². The summed E-state index contributed by atoms with van der Waals surface area (Å²) < 4.78 is 2.20. The minimum Gasteiger partial charge on any atom is -0.346 e. The van der Waals surface area contributed by atoms with Crippen LogP contribution < -0.4 is 0 Å². The second-order valence-electron chi connectivity index (χ2n) is 9.37. The van der Waals surface area contributed by atoms with Crippen LogP contribution in [0.5, 0.6) is 0 Å². The number of amides is 1. The Kier molecular flexibility index (Phi) is 6.61. The van der Waals surface area contributed by atoms with E-state index < -0.39 is 0 Å². The fourth-order valence-corrected chi connectivity index (χ4v) is 4.85. The normalized spacial score (nSPS) is 15.2. The maximum absolute atomic E-state index is 13.7. The molecule has 1 aliphatic rings. The van der Waals surface area contributed by atoms with Crippen molar-refractivity contribution in [3.8, 4) is 0 Å². The van der Waals surface area contributed by atoms with Gasteiger partial charge in [-0.2, -0.15) is 0 Å². The van der Waals surface area contributed by atoms with E-state index in [2.05, 4.69) is 58.8 Å². The van der Waals surface area contributed by atoms with Gasteiger partial charge in [-0.1, -0.05) is 42.5 Å². The molecule has 0 saturated carbocycles. The van der Waals surface area contributed by atoms with Crippen molar-refractivity contribution in [1.29, 1.82) is 0 Å². The Morgan fingerprint density at radius 3 is 2.44 bits per heavy atom.